The van der Waals surface area contributed by atoms with Crippen LogP contribution in [0.5, 0.6) is 0 Å². The fraction of sp³-hybridized carbons (Fsp3) is 0.176. The summed E-state index contributed by atoms with van der Waals surface area (Å²) in [5.74, 6) is -0.930. The summed E-state index contributed by atoms with van der Waals surface area (Å²) in [6.07, 6.45) is -0.124. The molecular weight excluding hydrogens is 320 g/mol. The van der Waals surface area contributed by atoms with E-state index in [1.54, 1.807) is 13.0 Å². The predicted molar refractivity (Wildman–Crippen MR) is 89.4 cm³/mol. The maximum atomic E-state index is 11.9. The van der Waals surface area contributed by atoms with Crippen LogP contribution in [0.1, 0.15) is 12.5 Å². The van der Waals surface area contributed by atoms with E-state index in [0.717, 1.165) is 22.9 Å². The van der Waals surface area contributed by atoms with Gasteiger partial charge in [-0.05, 0) is 29.7 Å². The Kier molecular flexibility index (Phi) is 5.63. The van der Waals surface area contributed by atoms with Crippen molar-refractivity contribution in [2.24, 2.45) is 0 Å². The summed E-state index contributed by atoms with van der Waals surface area (Å²) >= 11 is 6.80. The normalized spacial score (nSPS) is 11.9. The molecular formula is C17H15ClO3S. The molecule has 22 heavy (non-hydrogen) atoms. The highest BCUT2D eigenvalue weighted by Gasteiger charge is 2.16. The SMILES string of the molecule is CC(Cl)C(=O)Sc1cc(-c2ccccc2)ccc1CC(=O)O. The largest absolute Gasteiger partial charge is 0.481 e. The van der Waals surface area contributed by atoms with Gasteiger partial charge in [0.25, 0.3) is 0 Å². The number of alkyl halides is 1. The Hall–Kier alpha value is -1.78. The van der Waals surface area contributed by atoms with Crippen LogP contribution in [0.3, 0.4) is 0 Å². The van der Waals surface area contributed by atoms with E-state index < -0.39 is 11.3 Å². The Morgan fingerprint density at radius 3 is 2.41 bits per heavy atom. The molecule has 0 saturated heterocycles. The van der Waals surface area contributed by atoms with Gasteiger partial charge in [-0.2, -0.15) is 0 Å². The molecule has 0 bridgehead atoms. The Balaban J connectivity index is 2.40. The molecule has 5 heteroatoms. The average Bonchev–Trinajstić information content (AvgIpc) is 2.49. The molecule has 1 N–H and O–H groups in total. The number of carboxylic acids is 1. The molecule has 3 nitrogen and oxygen atoms in total. The monoisotopic (exact) mass is 334 g/mol. The molecule has 114 valence electrons. The number of benzene rings is 2. The quantitative estimate of drug-likeness (QED) is 0.656. The lowest BCUT2D eigenvalue weighted by molar-refractivity contribution is -0.136. The highest BCUT2D eigenvalue weighted by molar-refractivity contribution is 8.14. The van der Waals surface area contributed by atoms with Gasteiger partial charge in [-0.3, -0.25) is 9.59 Å². The number of carbonyl (C=O) groups excluding carboxylic acids is 1. The first-order valence-electron chi connectivity index (χ1n) is 6.73. The molecule has 0 radical (unpaired) electrons. The highest BCUT2D eigenvalue weighted by Crippen LogP contribution is 2.31. The van der Waals surface area contributed by atoms with Crippen molar-refractivity contribution >= 4 is 34.4 Å². The molecule has 2 aromatic carbocycles. The molecule has 2 aromatic rings. The second kappa shape index (κ2) is 7.47. The third-order valence-electron chi connectivity index (χ3n) is 3.05. The zero-order chi connectivity index (χ0) is 16.1. The van der Waals surface area contributed by atoms with Gasteiger partial charge in [0.2, 0.25) is 5.12 Å². The fourth-order valence-electron chi connectivity index (χ4n) is 1.96. The second-order valence-electron chi connectivity index (χ2n) is 4.80. The van der Waals surface area contributed by atoms with E-state index in [-0.39, 0.29) is 11.5 Å². The number of hydrogen-bond acceptors (Lipinski definition) is 3. The molecule has 0 aliphatic carbocycles. The minimum absolute atomic E-state index is 0.124. The lowest BCUT2D eigenvalue weighted by Crippen LogP contribution is -2.07. The lowest BCUT2D eigenvalue weighted by atomic mass is 10.0. The van der Waals surface area contributed by atoms with E-state index in [1.807, 2.05) is 42.5 Å². The minimum atomic E-state index is -0.930. The van der Waals surface area contributed by atoms with E-state index in [0.29, 0.717) is 10.5 Å². The van der Waals surface area contributed by atoms with Crippen molar-refractivity contribution in [3.63, 3.8) is 0 Å². The summed E-state index contributed by atoms with van der Waals surface area (Å²) in [6, 6.07) is 15.2. The Bertz CT molecular complexity index is 684. The maximum Gasteiger partial charge on any atom is 0.307 e. The van der Waals surface area contributed by atoms with Gasteiger partial charge in [-0.1, -0.05) is 54.2 Å². The van der Waals surface area contributed by atoms with Gasteiger partial charge < -0.3 is 5.11 Å². The summed E-state index contributed by atoms with van der Waals surface area (Å²) in [6.45, 7) is 1.61. The van der Waals surface area contributed by atoms with Crippen LogP contribution in [0.2, 0.25) is 0 Å². The number of halogens is 1. The standard InChI is InChI=1S/C17H15ClO3S/c1-11(18)17(21)22-15-9-13(12-5-3-2-4-6-12)7-8-14(15)10-16(19)20/h2-9,11H,10H2,1H3,(H,19,20). The molecule has 2 rings (SSSR count). The summed E-state index contributed by atoms with van der Waals surface area (Å²) < 4.78 is 0. The fourth-order valence-corrected chi connectivity index (χ4v) is 2.93. The van der Waals surface area contributed by atoms with Crippen LogP contribution in [0, 0.1) is 0 Å². The number of carbonyl (C=O) groups is 2. The van der Waals surface area contributed by atoms with Gasteiger partial charge in [0, 0.05) is 4.90 Å². The topological polar surface area (TPSA) is 54.4 Å². The van der Waals surface area contributed by atoms with Crippen molar-refractivity contribution in [1.82, 2.24) is 0 Å². The number of thioether (sulfide) groups is 1. The predicted octanol–water partition coefficient (Wildman–Crippen LogP) is 4.23. The number of aliphatic carboxylic acids is 1. The van der Waals surface area contributed by atoms with E-state index in [2.05, 4.69) is 0 Å². The van der Waals surface area contributed by atoms with Gasteiger partial charge in [0.1, 0.15) is 0 Å². The zero-order valence-corrected chi connectivity index (χ0v) is 13.5. The van der Waals surface area contributed by atoms with Crippen LogP contribution >= 0.6 is 23.4 Å². The third-order valence-corrected chi connectivity index (χ3v) is 4.53. The minimum Gasteiger partial charge on any atom is -0.481 e. The molecule has 0 spiro atoms. The van der Waals surface area contributed by atoms with Crippen molar-refractivity contribution < 1.29 is 14.7 Å². The molecule has 1 unspecified atom stereocenters. The summed E-state index contributed by atoms with van der Waals surface area (Å²) in [7, 11) is 0. The van der Waals surface area contributed by atoms with E-state index in [4.69, 9.17) is 16.7 Å². The summed E-state index contributed by atoms with van der Waals surface area (Å²) in [4.78, 5) is 23.5. The van der Waals surface area contributed by atoms with Gasteiger partial charge >= 0.3 is 5.97 Å². The maximum absolute atomic E-state index is 11.9. The Labute approximate surface area is 138 Å². The average molecular weight is 335 g/mol. The molecule has 0 heterocycles. The van der Waals surface area contributed by atoms with Crippen LogP contribution in [0.25, 0.3) is 11.1 Å². The molecule has 0 amide bonds. The second-order valence-corrected chi connectivity index (χ2v) is 6.50. The van der Waals surface area contributed by atoms with Crippen molar-refractivity contribution in [2.45, 2.75) is 23.6 Å². The van der Waals surface area contributed by atoms with Gasteiger partial charge in [0.15, 0.2) is 0 Å². The van der Waals surface area contributed by atoms with Crippen molar-refractivity contribution in [1.29, 1.82) is 0 Å². The van der Waals surface area contributed by atoms with Gasteiger partial charge in [0.05, 0.1) is 11.8 Å². The number of hydrogen-bond donors (Lipinski definition) is 1. The first kappa shape index (κ1) is 16.6. The van der Waals surface area contributed by atoms with Crippen molar-refractivity contribution in [3.8, 4) is 11.1 Å². The third kappa shape index (κ3) is 4.36. The van der Waals surface area contributed by atoms with Crippen molar-refractivity contribution in [2.75, 3.05) is 0 Å². The molecule has 0 aliphatic rings. The van der Waals surface area contributed by atoms with Gasteiger partial charge in [-0.15, -0.1) is 11.6 Å². The smallest absolute Gasteiger partial charge is 0.307 e. The van der Waals surface area contributed by atoms with Crippen LogP contribution in [0.4, 0.5) is 0 Å². The number of rotatable bonds is 5. The first-order chi connectivity index (χ1) is 10.5. The van der Waals surface area contributed by atoms with E-state index in [9.17, 15) is 9.59 Å². The molecule has 1 atom stereocenters. The van der Waals surface area contributed by atoms with Crippen LogP contribution in [-0.2, 0) is 16.0 Å². The van der Waals surface area contributed by atoms with Crippen molar-refractivity contribution in [3.05, 3.63) is 54.1 Å². The Morgan fingerprint density at radius 2 is 1.82 bits per heavy atom. The summed E-state index contributed by atoms with van der Waals surface area (Å²) in [5, 5.41) is 8.18. The van der Waals surface area contributed by atoms with Crippen LogP contribution in [0.15, 0.2) is 53.4 Å². The first-order valence-corrected chi connectivity index (χ1v) is 7.98. The molecule has 0 saturated carbocycles. The summed E-state index contributed by atoms with van der Waals surface area (Å²) in [5.41, 5.74) is 2.56. The van der Waals surface area contributed by atoms with E-state index in [1.165, 1.54) is 0 Å². The van der Waals surface area contributed by atoms with Crippen LogP contribution < -0.4 is 0 Å². The highest BCUT2D eigenvalue weighted by atomic mass is 35.5. The van der Waals surface area contributed by atoms with E-state index >= 15 is 0 Å². The Morgan fingerprint density at radius 1 is 1.14 bits per heavy atom. The lowest BCUT2D eigenvalue weighted by Gasteiger charge is -2.11. The van der Waals surface area contributed by atoms with Crippen LogP contribution in [-0.4, -0.2) is 21.6 Å². The molecule has 0 aromatic heterocycles. The molecule has 0 aliphatic heterocycles. The molecule has 0 fully saturated rings. The van der Waals surface area contributed by atoms with Gasteiger partial charge in [-0.25, -0.2) is 0 Å². The number of carboxylic acid groups (broad SMARTS) is 1. The zero-order valence-electron chi connectivity index (χ0n) is 12.0.